The predicted octanol–water partition coefficient (Wildman–Crippen LogP) is 4.74. The molecule has 20 heavy (non-hydrogen) atoms. The second kappa shape index (κ2) is 5.92. The number of urea groups is 1. The Bertz CT molecular complexity index is 658. The Morgan fingerprint density at radius 2 is 1.75 bits per heavy atom. The first-order chi connectivity index (χ1) is 9.45. The van der Waals surface area contributed by atoms with Crippen LogP contribution in [0.1, 0.15) is 11.1 Å². The van der Waals surface area contributed by atoms with E-state index in [0.29, 0.717) is 16.4 Å². The average Bonchev–Trinajstić information content (AvgIpc) is 2.38. The quantitative estimate of drug-likeness (QED) is 0.824. The Labute approximate surface area is 121 Å². The van der Waals surface area contributed by atoms with Crippen LogP contribution in [0.4, 0.5) is 20.6 Å². The smallest absolute Gasteiger partial charge is 0.308 e. The summed E-state index contributed by atoms with van der Waals surface area (Å²) in [6.45, 7) is 3.67. The average molecular weight is 293 g/mol. The number of carbonyl (C=O) groups excluding carboxylic acids is 1. The van der Waals surface area contributed by atoms with Crippen molar-refractivity contribution in [2.75, 3.05) is 10.6 Å². The number of hydrogen-bond donors (Lipinski definition) is 2. The number of rotatable bonds is 2. The maximum atomic E-state index is 13.1. The van der Waals surface area contributed by atoms with Crippen LogP contribution in [0.5, 0.6) is 0 Å². The molecule has 2 N–H and O–H groups in total. The van der Waals surface area contributed by atoms with Crippen LogP contribution in [0.25, 0.3) is 0 Å². The zero-order valence-electron chi connectivity index (χ0n) is 11.1. The van der Waals surface area contributed by atoms with Crippen LogP contribution in [-0.4, -0.2) is 6.03 Å². The summed E-state index contributed by atoms with van der Waals surface area (Å²) >= 11 is 5.98. The monoisotopic (exact) mass is 292 g/mol. The normalized spacial score (nSPS) is 10.2. The van der Waals surface area contributed by atoms with E-state index in [-0.39, 0.29) is 0 Å². The van der Waals surface area contributed by atoms with Crippen molar-refractivity contribution in [2.45, 2.75) is 13.8 Å². The molecule has 0 saturated heterocycles. The van der Waals surface area contributed by atoms with Gasteiger partial charge in [-0.25, -0.2) is 9.18 Å². The van der Waals surface area contributed by atoms with Gasteiger partial charge in [-0.2, -0.15) is 0 Å². The summed E-state index contributed by atoms with van der Waals surface area (Å²) < 4.78 is 13.1. The lowest BCUT2D eigenvalue weighted by molar-refractivity contribution is 0.262. The first-order valence-corrected chi connectivity index (χ1v) is 6.44. The molecule has 2 rings (SSSR count). The zero-order chi connectivity index (χ0) is 14.7. The maximum absolute atomic E-state index is 13.1. The molecule has 0 bridgehead atoms. The van der Waals surface area contributed by atoms with Crippen LogP contribution in [-0.2, 0) is 0 Å². The van der Waals surface area contributed by atoms with Gasteiger partial charge in [-0.05, 0) is 49.2 Å². The van der Waals surface area contributed by atoms with E-state index in [1.807, 2.05) is 13.0 Å². The van der Waals surface area contributed by atoms with Crippen LogP contribution < -0.4 is 10.6 Å². The van der Waals surface area contributed by atoms with E-state index in [4.69, 9.17) is 11.6 Å². The van der Waals surface area contributed by atoms with Gasteiger partial charge in [-0.3, -0.25) is 0 Å². The molecule has 2 aromatic rings. The minimum Gasteiger partial charge on any atom is -0.308 e. The van der Waals surface area contributed by atoms with E-state index < -0.39 is 11.8 Å². The lowest BCUT2D eigenvalue weighted by atomic mass is 10.2. The van der Waals surface area contributed by atoms with E-state index in [2.05, 4.69) is 10.6 Å². The fourth-order valence-electron chi connectivity index (χ4n) is 1.68. The summed E-state index contributed by atoms with van der Waals surface area (Å²) in [5.74, 6) is -0.399. The molecule has 0 unspecified atom stereocenters. The van der Waals surface area contributed by atoms with E-state index in [1.165, 1.54) is 12.1 Å². The molecule has 0 aliphatic rings. The number of nitrogens with one attached hydrogen (secondary N) is 2. The molecule has 0 aliphatic carbocycles. The molecule has 0 spiro atoms. The van der Waals surface area contributed by atoms with Crippen molar-refractivity contribution in [2.24, 2.45) is 0 Å². The Morgan fingerprint density at radius 1 is 1.05 bits per heavy atom. The molecule has 104 valence electrons. The van der Waals surface area contributed by atoms with Crippen LogP contribution in [0.3, 0.4) is 0 Å². The molecule has 0 atom stereocenters. The number of halogens is 2. The third kappa shape index (κ3) is 3.48. The topological polar surface area (TPSA) is 41.1 Å². The Morgan fingerprint density at radius 3 is 2.45 bits per heavy atom. The van der Waals surface area contributed by atoms with Crippen LogP contribution >= 0.6 is 11.6 Å². The highest BCUT2D eigenvalue weighted by atomic mass is 35.5. The predicted molar refractivity (Wildman–Crippen MR) is 80.0 cm³/mol. The highest BCUT2D eigenvalue weighted by Gasteiger charge is 2.07. The van der Waals surface area contributed by atoms with Crippen molar-refractivity contribution in [3.63, 3.8) is 0 Å². The Hall–Kier alpha value is -2.07. The molecule has 0 aromatic heterocycles. The first kappa shape index (κ1) is 14.3. The van der Waals surface area contributed by atoms with Gasteiger partial charge in [0.1, 0.15) is 5.82 Å². The van der Waals surface area contributed by atoms with E-state index >= 15 is 0 Å². The number of hydrogen-bond acceptors (Lipinski definition) is 1. The van der Waals surface area contributed by atoms with Gasteiger partial charge in [-0.15, -0.1) is 0 Å². The minimum absolute atomic E-state index is 0.399. The summed E-state index contributed by atoms with van der Waals surface area (Å²) in [4.78, 5) is 11.9. The minimum atomic E-state index is -0.446. The second-order valence-corrected chi connectivity index (χ2v) is 4.91. The molecule has 0 fully saturated rings. The summed E-state index contributed by atoms with van der Waals surface area (Å²) in [5.41, 5.74) is 2.72. The number of aryl methyl sites for hydroxylation is 2. The third-order valence-electron chi connectivity index (χ3n) is 2.88. The van der Waals surface area contributed by atoms with Gasteiger partial charge in [0, 0.05) is 16.4 Å². The van der Waals surface area contributed by atoms with Crippen molar-refractivity contribution < 1.29 is 9.18 Å². The van der Waals surface area contributed by atoms with E-state index in [9.17, 15) is 9.18 Å². The van der Waals surface area contributed by atoms with Crippen LogP contribution in [0.15, 0.2) is 36.4 Å². The standard InChI is InChI=1S/C15H14ClFN2O/c1-9-4-6-12(8-13(9)16)18-15(20)19-14-7-11(17)5-3-10(14)2/h3-8H,1-2H3,(H2,18,19,20). The number of carbonyl (C=O) groups is 1. The number of benzene rings is 2. The van der Waals surface area contributed by atoms with Crippen molar-refractivity contribution in [1.29, 1.82) is 0 Å². The highest BCUT2D eigenvalue weighted by Crippen LogP contribution is 2.21. The largest absolute Gasteiger partial charge is 0.323 e. The van der Waals surface area contributed by atoms with Gasteiger partial charge in [0.05, 0.1) is 0 Å². The van der Waals surface area contributed by atoms with E-state index in [0.717, 1.165) is 11.1 Å². The highest BCUT2D eigenvalue weighted by molar-refractivity contribution is 6.31. The summed E-state index contributed by atoms with van der Waals surface area (Å²) in [5, 5.41) is 5.82. The lowest BCUT2D eigenvalue weighted by Crippen LogP contribution is -2.20. The fraction of sp³-hybridized carbons (Fsp3) is 0.133. The SMILES string of the molecule is Cc1ccc(NC(=O)Nc2cc(F)ccc2C)cc1Cl. The van der Waals surface area contributed by atoms with Crippen molar-refractivity contribution in [3.05, 3.63) is 58.4 Å². The molecule has 2 aromatic carbocycles. The molecule has 2 amide bonds. The van der Waals surface area contributed by atoms with Gasteiger partial charge in [-0.1, -0.05) is 23.7 Å². The third-order valence-corrected chi connectivity index (χ3v) is 3.28. The molecule has 0 aliphatic heterocycles. The van der Waals surface area contributed by atoms with Gasteiger partial charge in [0.15, 0.2) is 0 Å². The van der Waals surface area contributed by atoms with Crippen LogP contribution in [0.2, 0.25) is 5.02 Å². The summed E-state index contributed by atoms with van der Waals surface area (Å²) in [7, 11) is 0. The van der Waals surface area contributed by atoms with Crippen LogP contribution in [0, 0.1) is 19.7 Å². The molecule has 0 radical (unpaired) electrons. The molecule has 0 heterocycles. The first-order valence-electron chi connectivity index (χ1n) is 6.06. The number of anilines is 2. The summed E-state index contributed by atoms with van der Waals surface area (Å²) in [6.07, 6.45) is 0. The molecule has 5 heteroatoms. The molecular weight excluding hydrogens is 279 g/mol. The second-order valence-electron chi connectivity index (χ2n) is 4.50. The van der Waals surface area contributed by atoms with Crippen molar-refractivity contribution >= 4 is 29.0 Å². The van der Waals surface area contributed by atoms with Crippen molar-refractivity contribution in [1.82, 2.24) is 0 Å². The van der Waals surface area contributed by atoms with Crippen molar-refractivity contribution in [3.8, 4) is 0 Å². The van der Waals surface area contributed by atoms with Gasteiger partial charge in [0.2, 0.25) is 0 Å². The lowest BCUT2D eigenvalue weighted by Gasteiger charge is -2.10. The maximum Gasteiger partial charge on any atom is 0.323 e. The van der Waals surface area contributed by atoms with Gasteiger partial charge in [0.25, 0.3) is 0 Å². The van der Waals surface area contributed by atoms with Gasteiger partial charge < -0.3 is 10.6 Å². The molecule has 3 nitrogen and oxygen atoms in total. The Balaban J connectivity index is 2.09. The molecule has 0 saturated carbocycles. The van der Waals surface area contributed by atoms with E-state index in [1.54, 1.807) is 25.1 Å². The Kier molecular flexibility index (Phi) is 4.25. The fourth-order valence-corrected chi connectivity index (χ4v) is 1.86. The molecular formula is C15H14ClFN2O. The number of amides is 2. The zero-order valence-corrected chi connectivity index (χ0v) is 11.9. The summed E-state index contributed by atoms with van der Waals surface area (Å²) in [6, 6.07) is 9.00. The van der Waals surface area contributed by atoms with Gasteiger partial charge >= 0.3 is 6.03 Å².